The number of rotatable bonds is 0. The molecule has 3 nitrogen and oxygen atoms in total. The van der Waals surface area contributed by atoms with Gasteiger partial charge in [0.2, 0.25) is 0 Å². The summed E-state index contributed by atoms with van der Waals surface area (Å²) in [6.07, 6.45) is 1.62. The quantitative estimate of drug-likeness (QED) is 0.669. The summed E-state index contributed by atoms with van der Waals surface area (Å²) in [6, 6.07) is 0. The third kappa shape index (κ3) is 1.70. The van der Waals surface area contributed by atoms with Gasteiger partial charge >= 0.3 is 0 Å². The van der Waals surface area contributed by atoms with Crippen molar-refractivity contribution in [3.63, 3.8) is 0 Å². The molecule has 0 bridgehead atoms. The molecule has 0 radical (unpaired) electrons. The van der Waals surface area contributed by atoms with Crippen LogP contribution in [-0.2, 0) is 0 Å². The van der Waals surface area contributed by atoms with E-state index in [0.29, 0.717) is 5.56 Å². The number of hydrogen-bond acceptors (Lipinski definition) is 3. The lowest BCUT2D eigenvalue weighted by molar-refractivity contribution is 0.997. The van der Waals surface area contributed by atoms with E-state index >= 15 is 0 Å². The molecule has 0 saturated carbocycles. The van der Waals surface area contributed by atoms with Crippen LogP contribution in [0.1, 0.15) is 25.1 Å². The van der Waals surface area contributed by atoms with Crippen LogP contribution in [-0.4, -0.2) is 9.38 Å². The fraction of sp³-hybridized carbons (Fsp3) is 0.400. The van der Waals surface area contributed by atoms with E-state index in [1.807, 2.05) is 26.2 Å². The van der Waals surface area contributed by atoms with Crippen LogP contribution in [0.4, 0.5) is 0 Å². The highest BCUT2D eigenvalue weighted by Crippen LogP contribution is 2.10. The Hall–Kier alpha value is -1.16. The zero-order chi connectivity index (χ0) is 10.7. The second-order valence-electron chi connectivity index (χ2n) is 2.74. The molecule has 2 heterocycles. The van der Waals surface area contributed by atoms with Crippen LogP contribution < -0.4 is 5.56 Å². The van der Waals surface area contributed by atoms with Crippen molar-refractivity contribution in [1.29, 1.82) is 0 Å². The molecule has 0 aromatic carbocycles. The van der Waals surface area contributed by atoms with E-state index < -0.39 is 0 Å². The van der Waals surface area contributed by atoms with E-state index in [-0.39, 0.29) is 5.56 Å². The summed E-state index contributed by atoms with van der Waals surface area (Å²) in [5, 5.41) is 1.93. The first kappa shape index (κ1) is 10.9. The zero-order valence-electron chi connectivity index (χ0n) is 8.87. The number of nitrogens with zero attached hydrogens (tertiary/aromatic N) is 2. The second-order valence-corrected chi connectivity index (χ2v) is 3.58. The Kier molecular flexibility index (Phi) is 3.41. The monoisotopic (exact) mass is 210 g/mol. The standard InChI is InChI=1S/C8H8N2OS.C2H6/c1-5-3-9-8-10(7(5)11)6(2)4-12-8;1-2/h3-4H,1-2H3;1-2H3. The molecule has 0 aliphatic rings. The summed E-state index contributed by atoms with van der Waals surface area (Å²) in [7, 11) is 0. The molecule has 2 rings (SSSR count). The van der Waals surface area contributed by atoms with Crippen molar-refractivity contribution in [1.82, 2.24) is 9.38 Å². The summed E-state index contributed by atoms with van der Waals surface area (Å²) < 4.78 is 1.64. The first-order valence-electron chi connectivity index (χ1n) is 4.62. The van der Waals surface area contributed by atoms with Crippen LogP contribution in [0.2, 0.25) is 0 Å². The molecule has 76 valence electrons. The van der Waals surface area contributed by atoms with Gasteiger partial charge in [-0.2, -0.15) is 0 Å². The number of aryl methyl sites for hydroxylation is 2. The maximum atomic E-state index is 11.5. The molecule has 0 fully saturated rings. The molecule has 0 spiro atoms. The third-order valence-electron chi connectivity index (χ3n) is 1.79. The molecule has 2 aromatic heterocycles. The molecule has 0 amide bonds. The van der Waals surface area contributed by atoms with Gasteiger partial charge in [-0.3, -0.25) is 9.20 Å². The summed E-state index contributed by atoms with van der Waals surface area (Å²) in [5.74, 6) is 0. The van der Waals surface area contributed by atoms with Gasteiger partial charge in [-0.05, 0) is 13.8 Å². The maximum absolute atomic E-state index is 11.5. The van der Waals surface area contributed by atoms with Gasteiger partial charge in [-0.1, -0.05) is 13.8 Å². The van der Waals surface area contributed by atoms with Crippen LogP contribution in [0.3, 0.4) is 0 Å². The van der Waals surface area contributed by atoms with Crippen LogP contribution in [0.5, 0.6) is 0 Å². The number of thiazole rings is 1. The normalized spacial score (nSPS) is 9.71. The minimum atomic E-state index is 0.0405. The van der Waals surface area contributed by atoms with Crippen LogP contribution in [0, 0.1) is 13.8 Å². The van der Waals surface area contributed by atoms with Crippen LogP contribution in [0.15, 0.2) is 16.4 Å². The average Bonchev–Trinajstić information content (AvgIpc) is 2.58. The summed E-state index contributed by atoms with van der Waals surface area (Å²) in [6.45, 7) is 7.69. The lowest BCUT2D eigenvalue weighted by atomic mass is 10.4. The van der Waals surface area contributed by atoms with Gasteiger partial charge in [-0.25, -0.2) is 4.98 Å². The number of hydrogen-bond donors (Lipinski definition) is 0. The number of fused-ring (bicyclic) bond motifs is 1. The number of aromatic nitrogens is 2. The molecule has 0 aliphatic carbocycles. The highest BCUT2D eigenvalue weighted by atomic mass is 32.1. The average molecular weight is 210 g/mol. The highest BCUT2D eigenvalue weighted by Gasteiger charge is 2.03. The minimum absolute atomic E-state index is 0.0405. The van der Waals surface area contributed by atoms with Crippen LogP contribution in [0.25, 0.3) is 4.96 Å². The molecule has 0 atom stereocenters. The van der Waals surface area contributed by atoms with Gasteiger partial charge in [0.1, 0.15) is 0 Å². The van der Waals surface area contributed by atoms with Gasteiger partial charge in [0.15, 0.2) is 4.96 Å². The van der Waals surface area contributed by atoms with E-state index in [0.717, 1.165) is 10.7 Å². The Morgan fingerprint density at radius 3 is 2.64 bits per heavy atom. The maximum Gasteiger partial charge on any atom is 0.261 e. The van der Waals surface area contributed by atoms with Crippen molar-refractivity contribution >= 4 is 16.3 Å². The van der Waals surface area contributed by atoms with Gasteiger partial charge in [0, 0.05) is 22.8 Å². The SMILES string of the molecule is CC.Cc1cnc2scc(C)n2c1=O. The van der Waals surface area contributed by atoms with Crippen molar-refractivity contribution in [2.75, 3.05) is 0 Å². The molecular weight excluding hydrogens is 196 g/mol. The predicted octanol–water partition coefficient (Wildman–Crippen LogP) is 2.40. The molecule has 2 aromatic rings. The van der Waals surface area contributed by atoms with E-state index in [9.17, 15) is 4.79 Å². The Bertz CT molecular complexity index is 484. The molecule has 4 heteroatoms. The Balaban J connectivity index is 0.000000461. The lowest BCUT2D eigenvalue weighted by Gasteiger charge is -1.95. The Labute approximate surface area is 87.0 Å². The topological polar surface area (TPSA) is 34.4 Å². The second kappa shape index (κ2) is 4.37. The minimum Gasteiger partial charge on any atom is -0.269 e. The van der Waals surface area contributed by atoms with Gasteiger partial charge in [0.25, 0.3) is 5.56 Å². The largest absolute Gasteiger partial charge is 0.269 e. The molecule has 0 N–H and O–H groups in total. The van der Waals surface area contributed by atoms with Crippen molar-refractivity contribution < 1.29 is 0 Å². The Morgan fingerprint density at radius 1 is 1.36 bits per heavy atom. The third-order valence-corrected chi connectivity index (χ3v) is 2.75. The lowest BCUT2D eigenvalue weighted by Crippen LogP contribution is -2.16. The molecule has 0 unspecified atom stereocenters. The summed E-state index contributed by atoms with van der Waals surface area (Å²) >= 11 is 1.49. The van der Waals surface area contributed by atoms with Crippen molar-refractivity contribution in [2.45, 2.75) is 27.7 Å². The summed E-state index contributed by atoms with van der Waals surface area (Å²) in [4.78, 5) is 16.5. The van der Waals surface area contributed by atoms with E-state index in [1.54, 1.807) is 17.5 Å². The fourth-order valence-electron chi connectivity index (χ4n) is 1.11. The summed E-state index contributed by atoms with van der Waals surface area (Å²) in [5.41, 5.74) is 1.68. The molecule has 0 saturated heterocycles. The zero-order valence-corrected chi connectivity index (χ0v) is 9.68. The predicted molar refractivity (Wildman–Crippen MR) is 60.2 cm³/mol. The van der Waals surface area contributed by atoms with Gasteiger partial charge in [-0.15, -0.1) is 11.3 Å². The van der Waals surface area contributed by atoms with Crippen LogP contribution >= 0.6 is 11.3 Å². The molecule has 0 aliphatic heterocycles. The van der Waals surface area contributed by atoms with E-state index in [2.05, 4.69) is 4.98 Å². The van der Waals surface area contributed by atoms with E-state index in [4.69, 9.17) is 0 Å². The van der Waals surface area contributed by atoms with Crippen molar-refractivity contribution in [2.24, 2.45) is 0 Å². The Morgan fingerprint density at radius 2 is 2.00 bits per heavy atom. The first-order chi connectivity index (χ1) is 6.70. The first-order valence-corrected chi connectivity index (χ1v) is 5.50. The van der Waals surface area contributed by atoms with Crippen molar-refractivity contribution in [3.8, 4) is 0 Å². The van der Waals surface area contributed by atoms with Gasteiger partial charge in [0.05, 0.1) is 0 Å². The van der Waals surface area contributed by atoms with E-state index in [1.165, 1.54) is 11.3 Å². The highest BCUT2D eigenvalue weighted by molar-refractivity contribution is 7.15. The van der Waals surface area contributed by atoms with Crippen molar-refractivity contribution in [3.05, 3.63) is 33.2 Å². The molecular formula is C10H14N2OS. The smallest absolute Gasteiger partial charge is 0.261 e. The van der Waals surface area contributed by atoms with Gasteiger partial charge < -0.3 is 0 Å². The fourth-order valence-corrected chi connectivity index (χ4v) is 1.94. The molecule has 14 heavy (non-hydrogen) atoms.